The van der Waals surface area contributed by atoms with Gasteiger partial charge in [0.25, 0.3) is 0 Å². The van der Waals surface area contributed by atoms with Gasteiger partial charge in [0.2, 0.25) is 0 Å². The lowest BCUT2D eigenvalue weighted by atomic mass is 10.2. The van der Waals surface area contributed by atoms with E-state index in [1.165, 1.54) is 5.56 Å². The maximum Gasteiger partial charge on any atom is 0.105 e. The van der Waals surface area contributed by atoms with Gasteiger partial charge in [0.15, 0.2) is 0 Å². The molecule has 0 N–H and O–H groups in total. The van der Waals surface area contributed by atoms with E-state index in [9.17, 15) is 5.26 Å². The minimum Gasteiger partial charge on any atom is -0.326 e. The van der Waals surface area contributed by atoms with E-state index in [4.69, 9.17) is 0 Å². The average molecular weight is 303 g/mol. The monoisotopic (exact) mass is 303 g/mol. The second-order valence-electron chi connectivity index (χ2n) is 5.19. The summed E-state index contributed by atoms with van der Waals surface area (Å²) in [5, 5.41) is 9.65. The third-order valence-corrected chi connectivity index (χ3v) is 5.16. The standard InChI is InChI=1S/C18H13N3S/c19-10-15-9-16(14-7-4-8-20-11-14)21-17(15)12-22-18(21)13-5-2-1-3-6-13/h1-9,11,18H,12H2. The van der Waals surface area contributed by atoms with Gasteiger partial charge < -0.3 is 4.57 Å². The molecule has 1 atom stereocenters. The summed E-state index contributed by atoms with van der Waals surface area (Å²) in [5.41, 5.74) is 5.26. The SMILES string of the molecule is N#Cc1cc(-c2cccnc2)n2c1CSC2c1ccccc1. The molecule has 1 aromatic carbocycles. The van der Waals surface area contributed by atoms with E-state index in [0.29, 0.717) is 0 Å². The van der Waals surface area contributed by atoms with E-state index in [0.717, 1.165) is 28.3 Å². The zero-order chi connectivity index (χ0) is 14.9. The molecule has 0 saturated heterocycles. The molecule has 3 aromatic rings. The molecule has 22 heavy (non-hydrogen) atoms. The number of fused-ring (bicyclic) bond motifs is 1. The number of hydrogen-bond acceptors (Lipinski definition) is 3. The molecule has 4 rings (SSSR count). The van der Waals surface area contributed by atoms with Gasteiger partial charge in [-0.05, 0) is 23.8 Å². The maximum atomic E-state index is 9.43. The number of nitrogens with zero attached hydrogens (tertiary/aromatic N) is 3. The second-order valence-corrected chi connectivity index (χ2v) is 6.26. The van der Waals surface area contributed by atoms with Crippen LogP contribution in [0.3, 0.4) is 0 Å². The van der Waals surface area contributed by atoms with Crippen molar-refractivity contribution in [1.29, 1.82) is 5.26 Å². The first-order chi connectivity index (χ1) is 10.9. The molecule has 3 heterocycles. The van der Waals surface area contributed by atoms with Gasteiger partial charge in [-0.3, -0.25) is 4.98 Å². The van der Waals surface area contributed by atoms with Crippen molar-refractivity contribution in [3.63, 3.8) is 0 Å². The molecule has 0 radical (unpaired) electrons. The summed E-state index contributed by atoms with van der Waals surface area (Å²) in [6.45, 7) is 0. The lowest BCUT2D eigenvalue weighted by Gasteiger charge is -2.16. The Morgan fingerprint density at radius 3 is 2.77 bits per heavy atom. The van der Waals surface area contributed by atoms with Crippen molar-refractivity contribution < 1.29 is 0 Å². The lowest BCUT2D eigenvalue weighted by molar-refractivity contribution is 0.788. The van der Waals surface area contributed by atoms with Crippen molar-refractivity contribution in [3.8, 4) is 17.3 Å². The van der Waals surface area contributed by atoms with E-state index in [1.54, 1.807) is 6.20 Å². The molecule has 2 aromatic heterocycles. The van der Waals surface area contributed by atoms with E-state index in [2.05, 4.69) is 39.9 Å². The maximum absolute atomic E-state index is 9.43. The number of hydrogen-bond donors (Lipinski definition) is 0. The Balaban J connectivity index is 1.91. The summed E-state index contributed by atoms with van der Waals surface area (Å²) in [6.07, 6.45) is 3.63. The van der Waals surface area contributed by atoms with E-state index in [1.807, 2.05) is 42.2 Å². The quantitative estimate of drug-likeness (QED) is 0.712. The van der Waals surface area contributed by atoms with Crippen LogP contribution in [0.4, 0.5) is 0 Å². The minimum absolute atomic E-state index is 0.216. The predicted molar refractivity (Wildman–Crippen MR) is 88.3 cm³/mol. The molecule has 0 amide bonds. The van der Waals surface area contributed by atoms with Crippen LogP contribution in [0.2, 0.25) is 0 Å². The van der Waals surface area contributed by atoms with Gasteiger partial charge in [-0.25, -0.2) is 0 Å². The molecule has 1 unspecified atom stereocenters. The molecule has 0 spiro atoms. The van der Waals surface area contributed by atoms with Crippen molar-refractivity contribution in [2.24, 2.45) is 0 Å². The van der Waals surface area contributed by atoms with E-state index >= 15 is 0 Å². The van der Waals surface area contributed by atoms with Gasteiger partial charge >= 0.3 is 0 Å². The van der Waals surface area contributed by atoms with Crippen LogP contribution in [0.1, 0.15) is 22.2 Å². The fourth-order valence-corrected chi connectivity index (χ4v) is 4.26. The zero-order valence-electron chi connectivity index (χ0n) is 11.8. The van der Waals surface area contributed by atoms with Crippen molar-refractivity contribution in [3.05, 3.63) is 77.7 Å². The number of aromatic nitrogens is 2. The molecule has 0 fully saturated rings. The number of rotatable bonds is 2. The summed E-state index contributed by atoms with van der Waals surface area (Å²) in [6, 6.07) is 18.7. The zero-order valence-corrected chi connectivity index (χ0v) is 12.6. The fourth-order valence-electron chi connectivity index (χ4n) is 2.91. The normalized spacial score (nSPS) is 16.2. The third kappa shape index (κ3) is 2.02. The molecule has 0 saturated carbocycles. The molecular weight excluding hydrogens is 290 g/mol. The molecule has 4 heteroatoms. The topological polar surface area (TPSA) is 41.6 Å². The van der Waals surface area contributed by atoms with Crippen LogP contribution < -0.4 is 0 Å². The highest BCUT2D eigenvalue weighted by molar-refractivity contribution is 7.99. The van der Waals surface area contributed by atoms with Gasteiger partial charge in [-0.15, -0.1) is 11.8 Å². The summed E-state index contributed by atoms with van der Waals surface area (Å²) >= 11 is 1.86. The predicted octanol–water partition coefficient (Wildman–Crippen LogP) is 4.22. The summed E-state index contributed by atoms with van der Waals surface area (Å²) in [7, 11) is 0. The Labute approximate surface area is 133 Å². The summed E-state index contributed by atoms with van der Waals surface area (Å²) in [5.74, 6) is 0.864. The summed E-state index contributed by atoms with van der Waals surface area (Å²) < 4.78 is 2.29. The average Bonchev–Trinajstić information content (AvgIpc) is 3.16. The van der Waals surface area contributed by atoms with E-state index < -0.39 is 0 Å². The van der Waals surface area contributed by atoms with Gasteiger partial charge in [-0.1, -0.05) is 30.3 Å². The molecular formula is C18H13N3S. The number of benzene rings is 1. The highest BCUT2D eigenvalue weighted by Crippen LogP contribution is 2.45. The lowest BCUT2D eigenvalue weighted by Crippen LogP contribution is -2.05. The number of nitriles is 1. The first kappa shape index (κ1) is 13.2. The van der Waals surface area contributed by atoms with Gasteiger partial charge in [0.05, 0.1) is 11.3 Å². The Hall–Kier alpha value is -2.51. The largest absolute Gasteiger partial charge is 0.326 e. The number of pyridine rings is 1. The fraction of sp³-hybridized carbons (Fsp3) is 0.111. The van der Waals surface area contributed by atoms with Crippen LogP contribution >= 0.6 is 11.8 Å². The Morgan fingerprint density at radius 2 is 2.05 bits per heavy atom. The smallest absolute Gasteiger partial charge is 0.105 e. The van der Waals surface area contributed by atoms with Gasteiger partial charge in [-0.2, -0.15) is 5.26 Å². The molecule has 0 aliphatic carbocycles. The van der Waals surface area contributed by atoms with Crippen LogP contribution in [0.15, 0.2) is 60.9 Å². The van der Waals surface area contributed by atoms with Crippen LogP contribution in [0.25, 0.3) is 11.3 Å². The first-order valence-corrected chi connectivity index (χ1v) is 8.14. The van der Waals surface area contributed by atoms with Gasteiger partial charge in [0, 0.05) is 29.4 Å². The molecule has 3 nitrogen and oxygen atoms in total. The van der Waals surface area contributed by atoms with Crippen LogP contribution in [-0.2, 0) is 5.75 Å². The van der Waals surface area contributed by atoms with Crippen molar-refractivity contribution >= 4 is 11.8 Å². The molecule has 106 valence electrons. The highest BCUT2D eigenvalue weighted by Gasteiger charge is 2.29. The molecule has 1 aliphatic heterocycles. The van der Waals surface area contributed by atoms with E-state index in [-0.39, 0.29) is 5.37 Å². The Bertz CT molecular complexity index is 847. The van der Waals surface area contributed by atoms with Crippen molar-refractivity contribution in [1.82, 2.24) is 9.55 Å². The Morgan fingerprint density at radius 1 is 1.18 bits per heavy atom. The Kier molecular flexibility index (Phi) is 3.21. The highest BCUT2D eigenvalue weighted by atomic mass is 32.2. The van der Waals surface area contributed by atoms with Crippen LogP contribution in [0, 0.1) is 11.3 Å². The van der Waals surface area contributed by atoms with Crippen LogP contribution in [-0.4, -0.2) is 9.55 Å². The number of thioether (sulfide) groups is 1. The second kappa shape index (κ2) is 5.36. The van der Waals surface area contributed by atoms with Crippen LogP contribution in [0.5, 0.6) is 0 Å². The van der Waals surface area contributed by atoms with Gasteiger partial charge in [0.1, 0.15) is 11.4 Å². The van der Waals surface area contributed by atoms with Crippen molar-refractivity contribution in [2.75, 3.05) is 0 Å². The first-order valence-electron chi connectivity index (χ1n) is 7.09. The van der Waals surface area contributed by atoms with Crippen molar-refractivity contribution in [2.45, 2.75) is 11.1 Å². The molecule has 0 bridgehead atoms. The minimum atomic E-state index is 0.216. The molecule has 1 aliphatic rings. The summed E-state index contributed by atoms with van der Waals surface area (Å²) in [4.78, 5) is 4.22. The third-order valence-electron chi connectivity index (χ3n) is 3.92.